The lowest BCUT2D eigenvalue weighted by molar-refractivity contribution is -0.323. The van der Waals surface area contributed by atoms with Gasteiger partial charge in [-0.1, -0.05) is 77.0 Å². The molecule has 0 unspecified atom stereocenters. The van der Waals surface area contributed by atoms with E-state index in [0.29, 0.717) is 24.5 Å². The summed E-state index contributed by atoms with van der Waals surface area (Å²) < 4.78 is 28.9. The van der Waals surface area contributed by atoms with Crippen LogP contribution in [0.1, 0.15) is 74.7 Å². The summed E-state index contributed by atoms with van der Waals surface area (Å²) in [7, 11) is 2.80. The molecule has 12 nitrogen and oxygen atoms in total. The molecule has 0 radical (unpaired) electrons. The van der Waals surface area contributed by atoms with Gasteiger partial charge < -0.3 is 44.1 Å². The van der Waals surface area contributed by atoms with E-state index >= 15 is 0 Å². The molecule has 0 aliphatic carbocycles. The van der Waals surface area contributed by atoms with Gasteiger partial charge in [-0.05, 0) is 38.7 Å². The quantitative estimate of drug-likeness (QED) is 0.183. The molecule has 2 heterocycles. The number of aliphatic carboxylic acids is 1. The van der Waals surface area contributed by atoms with Gasteiger partial charge in [0.05, 0.1) is 25.4 Å². The third-order valence-corrected chi connectivity index (χ3v) is 9.93. The molecule has 4 N–H and O–H groups in total. The van der Waals surface area contributed by atoms with Crippen molar-refractivity contribution < 1.29 is 58.5 Å². The number of aliphatic hydroxyl groups excluding tert-OH is 2. The van der Waals surface area contributed by atoms with Gasteiger partial charge in [-0.3, -0.25) is 0 Å². The van der Waals surface area contributed by atoms with Crippen molar-refractivity contribution in [2.45, 2.75) is 117 Å². The topological polar surface area (TPSA) is 178 Å². The van der Waals surface area contributed by atoms with Crippen LogP contribution in [-0.2, 0) is 38.1 Å². The molecule has 1 fully saturated rings. The Morgan fingerprint density at radius 3 is 2.38 bits per heavy atom. The van der Waals surface area contributed by atoms with Gasteiger partial charge in [-0.25, -0.2) is 14.4 Å². The highest BCUT2D eigenvalue weighted by molar-refractivity contribution is 5.90. The molecule has 0 saturated carbocycles. The maximum atomic E-state index is 13.6. The SMILES string of the molecule is CC[C@H]1O[C@@](O)([C@@H](C)[C@H](O)[C@H](C)[C@H]2OC(=O)/C(OC)=C/C(C)=C/[C@@H](C)[C@@H](O)[C@H](C)C/C(C)=C/C=C/[C@@H]2OC)C[C@@H](OC(=O)/C=C/C(=O)O)[C@@H]1C. The predicted molar refractivity (Wildman–Crippen MR) is 186 cm³/mol. The summed E-state index contributed by atoms with van der Waals surface area (Å²) in [6.45, 7) is 14.6. The lowest BCUT2D eigenvalue weighted by Crippen LogP contribution is -2.58. The molecule has 0 aromatic carbocycles. The summed E-state index contributed by atoms with van der Waals surface area (Å²) >= 11 is 0. The molecule has 50 heavy (non-hydrogen) atoms. The average molecular weight is 707 g/mol. The highest BCUT2D eigenvalue weighted by Crippen LogP contribution is 2.41. The predicted octanol–water partition coefficient (Wildman–Crippen LogP) is 4.64. The third-order valence-electron chi connectivity index (χ3n) is 9.93. The molecule has 0 bridgehead atoms. The first-order valence-corrected chi connectivity index (χ1v) is 17.3. The summed E-state index contributed by atoms with van der Waals surface area (Å²) in [5, 5.41) is 43.6. The van der Waals surface area contributed by atoms with Crippen molar-refractivity contribution in [2.24, 2.45) is 29.6 Å². The number of rotatable bonds is 10. The summed E-state index contributed by atoms with van der Waals surface area (Å²) in [6, 6.07) is 0. The van der Waals surface area contributed by atoms with E-state index in [1.165, 1.54) is 20.3 Å². The van der Waals surface area contributed by atoms with Crippen molar-refractivity contribution in [1.82, 2.24) is 0 Å². The first kappa shape index (κ1) is 42.9. The fourth-order valence-corrected chi connectivity index (χ4v) is 6.76. The Morgan fingerprint density at radius 2 is 1.80 bits per heavy atom. The monoisotopic (exact) mass is 706 g/mol. The van der Waals surface area contributed by atoms with Gasteiger partial charge in [0.25, 0.3) is 0 Å². The van der Waals surface area contributed by atoms with Crippen molar-refractivity contribution in [2.75, 3.05) is 14.2 Å². The van der Waals surface area contributed by atoms with Crippen LogP contribution in [0.15, 0.2) is 59.4 Å². The van der Waals surface area contributed by atoms with Crippen molar-refractivity contribution in [3.63, 3.8) is 0 Å². The van der Waals surface area contributed by atoms with Crippen LogP contribution in [0.25, 0.3) is 0 Å². The molecule has 2 aliphatic heterocycles. The summed E-state index contributed by atoms with van der Waals surface area (Å²) in [5.74, 6) is -7.48. The largest absolute Gasteiger partial charge is 0.490 e. The Kier molecular flexibility index (Phi) is 16.6. The number of aliphatic hydroxyl groups is 3. The summed E-state index contributed by atoms with van der Waals surface area (Å²) in [6.07, 6.45) is 5.90. The van der Waals surface area contributed by atoms with Gasteiger partial charge in [-0.15, -0.1) is 0 Å². The van der Waals surface area contributed by atoms with E-state index in [4.69, 9.17) is 28.8 Å². The minimum atomic E-state index is -1.97. The number of hydrogen-bond donors (Lipinski definition) is 4. The van der Waals surface area contributed by atoms with Crippen LogP contribution in [0, 0.1) is 29.6 Å². The first-order valence-electron chi connectivity index (χ1n) is 17.3. The molecule has 1 saturated heterocycles. The van der Waals surface area contributed by atoms with Crippen LogP contribution in [0.3, 0.4) is 0 Å². The van der Waals surface area contributed by atoms with Crippen molar-refractivity contribution in [3.05, 3.63) is 59.4 Å². The lowest BCUT2D eigenvalue weighted by Gasteiger charge is -2.49. The van der Waals surface area contributed by atoms with E-state index in [1.807, 2.05) is 46.8 Å². The molecule has 282 valence electrons. The second kappa shape index (κ2) is 19.4. The zero-order valence-corrected chi connectivity index (χ0v) is 31.1. The number of cyclic esters (lactones) is 1. The van der Waals surface area contributed by atoms with Gasteiger partial charge in [0.1, 0.15) is 18.3 Å². The minimum Gasteiger partial charge on any atom is -0.490 e. The van der Waals surface area contributed by atoms with Gasteiger partial charge in [-0.2, -0.15) is 0 Å². The van der Waals surface area contributed by atoms with E-state index in [2.05, 4.69) is 0 Å². The Balaban J connectivity index is 2.52. The maximum absolute atomic E-state index is 13.6. The second-order valence-corrected chi connectivity index (χ2v) is 13.9. The molecule has 2 rings (SSSR count). The number of ether oxygens (including phenoxy) is 5. The highest BCUT2D eigenvalue weighted by Gasteiger charge is 2.52. The Labute approximate surface area is 296 Å². The molecule has 0 amide bonds. The van der Waals surface area contributed by atoms with Gasteiger partial charge in [0, 0.05) is 49.4 Å². The van der Waals surface area contributed by atoms with Crippen LogP contribution in [0.5, 0.6) is 0 Å². The summed E-state index contributed by atoms with van der Waals surface area (Å²) in [4.78, 5) is 36.9. The molecule has 0 aromatic heterocycles. The Morgan fingerprint density at radius 1 is 1.14 bits per heavy atom. The zero-order valence-electron chi connectivity index (χ0n) is 31.1. The van der Waals surface area contributed by atoms with Crippen LogP contribution in [-0.4, -0.2) is 95.0 Å². The number of allylic oxidation sites excluding steroid dienone is 5. The van der Waals surface area contributed by atoms with E-state index in [9.17, 15) is 29.7 Å². The van der Waals surface area contributed by atoms with Crippen molar-refractivity contribution in [3.8, 4) is 0 Å². The van der Waals surface area contributed by atoms with Gasteiger partial charge in [0.15, 0.2) is 5.79 Å². The van der Waals surface area contributed by atoms with E-state index in [-0.39, 0.29) is 29.9 Å². The molecular formula is C38H58O12. The standard InChI is InChI=1S/C38H58O12/c1-11-28-25(6)31(48-33(41)16-15-32(39)40)20-38(45,50-28)27(8)35(43)26(7)36-29(46-9)14-12-13-21(2)17-23(4)34(42)24(5)18-22(3)19-30(47-10)37(44)49-36/h12-16,18-19,23-29,31,34-36,42-43,45H,11,17,20H2,1-10H3,(H,39,40)/b14-12+,16-15+,21-13+,22-18+,30-19-/t23-,24-,25-,26+,27+,28-,29+,31-,34+,35-,36-,38-/m1/s1. The Bertz CT molecular complexity index is 1310. The highest BCUT2D eigenvalue weighted by atomic mass is 16.6. The number of hydrogen-bond acceptors (Lipinski definition) is 11. The maximum Gasteiger partial charge on any atom is 0.373 e. The number of esters is 2. The normalized spacial score (nSPS) is 37.5. The second-order valence-electron chi connectivity index (χ2n) is 13.9. The van der Waals surface area contributed by atoms with Crippen LogP contribution >= 0.6 is 0 Å². The van der Waals surface area contributed by atoms with Crippen molar-refractivity contribution >= 4 is 17.9 Å². The average Bonchev–Trinajstić information content (AvgIpc) is 3.06. The Hall–Kier alpha value is -3.29. The molecule has 2 aliphatic rings. The van der Waals surface area contributed by atoms with Crippen LogP contribution < -0.4 is 0 Å². The van der Waals surface area contributed by atoms with Crippen molar-refractivity contribution in [1.29, 1.82) is 0 Å². The molecule has 0 aromatic rings. The van der Waals surface area contributed by atoms with Gasteiger partial charge in [0.2, 0.25) is 5.76 Å². The van der Waals surface area contributed by atoms with E-state index in [1.54, 1.807) is 32.9 Å². The fourth-order valence-electron chi connectivity index (χ4n) is 6.76. The fraction of sp³-hybridized carbons (Fsp3) is 0.658. The lowest BCUT2D eigenvalue weighted by atomic mass is 9.77. The number of carboxylic acid groups (broad SMARTS) is 1. The molecule has 12 atom stereocenters. The number of carbonyl (C=O) groups is 3. The zero-order chi connectivity index (χ0) is 37.9. The summed E-state index contributed by atoms with van der Waals surface area (Å²) in [5.41, 5.74) is 1.70. The number of carbonyl (C=O) groups excluding carboxylic acids is 2. The third kappa shape index (κ3) is 11.6. The first-order chi connectivity index (χ1) is 23.4. The molecular weight excluding hydrogens is 648 g/mol. The minimum absolute atomic E-state index is 0.0440. The van der Waals surface area contributed by atoms with Gasteiger partial charge >= 0.3 is 17.9 Å². The molecule has 12 heteroatoms. The van der Waals surface area contributed by atoms with E-state index in [0.717, 1.165) is 11.6 Å². The number of methoxy groups -OCH3 is 2. The smallest absolute Gasteiger partial charge is 0.373 e. The van der Waals surface area contributed by atoms with E-state index < -0.39 is 72.2 Å². The van der Waals surface area contributed by atoms with Crippen LogP contribution in [0.2, 0.25) is 0 Å². The van der Waals surface area contributed by atoms with Crippen LogP contribution in [0.4, 0.5) is 0 Å². The molecule has 0 spiro atoms. The number of carboxylic acids is 1.